The van der Waals surface area contributed by atoms with Crippen LogP contribution < -0.4 is 10.3 Å². The second kappa shape index (κ2) is 12.3. The molecule has 1 fully saturated rings. The van der Waals surface area contributed by atoms with Gasteiger partial charge in [-0.3, -0.25) is 14.3 Å². The molecule has 1 aromatic carbocycles. The average molecular weight is 615 g/mol. The minimum Gasteiger partial charge on any atom is -0.493 e. The normalized spacial score (nSPS) is 14.7. The van der Waals surface area contributed by atoms with E-state index in [0.29, 0.717) is 66.7 Å². The Morgan fingerprint density at radius 2 is 1.77 bits per heavy atom. The maximum Gasteiger partial charge on any atom is 0.281 e. The van der Waals surface area contributed by atoms with Crippen LogP contribution in [0.1, 0.15) is 20.3 Å². The van der Waals surface area contributed by atoms with E-state index < -0.39 is 15.6 Å². The Labute approximate surface area is 255 Å². The molecule has 0 unspecified atom stereocenters. The summed E-state index contributed by atoms with van der Waals surface area (Å²) < 4.78 is 38.2. The van der Waals surface area contributed by atoms with Crippen molar-refractivity contribution in [2.24, 2.45) is 7.05 Å². The van der Waals surface area contributed by atoms with Crippen LogP contribution in [0.4, 0.5) is 0 Å². The molecule has 0 atom stereocenters. The van der Waals surface area contributed by atoms with Crippen LogP contribution in [0.5, 0.6) is 5.75 Å². The van der Waals surface area contributed by atoms with Crippen LogP contribution in [-0.2, 0) is 17.1 Å². The summed E-state index contributed by atoms with van der Waals surface area (Å²) in [6.45, 7) is 7.50. The Bertz CT molecular complexity index is 1950. The average Bonchev–Trinajstić information content (AvgIpc) is 3.46. The minimum atomic E-state index is -3.81. The van der Waals surface area contributed by atoms with E-state index in [1.165, 1.54) is 8.87 Å². The summed E-state index contributed by atoms with van der Waals surface area (Å²) in [5, 5.41) is 4.65. The molecule has 0 amide bonds. The fraction of sp³-hybridized carbons (Fsp3) is 0.323. The summed E-state index contributed by atoms with van der Waals surface area (Å²) in [6.07, 6.45) is 5.73. The molecule has 6 rings (SSSR count). The molecule has 0 spiro atoms. The van der Waals surface area contributed by atoms with Gasteiger partial charge in [-0.1, -0.05) is 19.9 Å². The van der Waals surface area contributed by atoms with Crippen LogP contribution in [0.3, 0.4) is 0 Å². The molecule has 1 saturated heterocycles. The Hall–Kier alpha value is -4.46. The first kappa shape index (κ1) is 29.6. The molecule has 5 aromatic rings. The van der Waals surface area contributed by atoms with Crippen LogP contribution >= 0.6 is 0 Å². The molecule has 5 heterocycles. The predicted octanol–water partition coefficient (Wildman–Crippen LogP) is 3.36. The SMILES string of the molecule is CCCOc1ccc(S(=O)(=O)N2CCN(CC)CC2)cc1-c1nc2c(-c3cccnc3)n(-c3ccccn3)nc2c(=O)n1C. The van der Waals surface area contributed by atoms with Crippen molar-refractivity contribution in [1.82, 2.24) is 38.5 Å². The van der Waals surface area contributed by atoms with Crippen LogP contribution in [0, 0.1) is 0 Å². The smallest absolute Gasteiger partial charge is 0.281 e. The van der Waals surface area contributed by atoms with Gasteiger partial charge in [0.2, 0.25) is 10.0 Å². The van der Waals surface area contributed by atoms with Crippen molar-refractivity contribution in [3.8, 4) is 34.2 Å². The molecule has 44 heavy (non-hydrogen) atoms. The zero-order valence-electron chi connectivity index (χ0n) is 24.9. The number of pyridine rings is 2. The van der Waals surface area contributed by atoms with Gasteiger partial charge >= 0.3 is 0 Å². The first-order valence-corrected chi connectivity index (χ1v) is 16.1. The lowest BCUT2D eigenvalue weighted by Gasteiger charge is -2.33. The van der Waals surface area contributed by atoms with Gasteiger partial charge in [0, 0.05) is 57.4 Å². The number of nitrogens with zero attached hydrogens (tertiary/aromatic N) is 8. The van der Waals surface area contributed by atoms with E-state index in [0.717, 1.165) is 13.0 Å². The topological polar surface area (TPSA) is 128 Å². The number of fused-ring (bicyclic) bond motifs is 1. The lowest BCUT2D eigenvalue weighted by Crippen LogP contribution is -2.48. The number of hydrogen-bond donors (Lipinski definition) is 0. The van der Waals surface area contributed by atoms with Gasteiger partial charge < -0.3 is 9.64 Å². The van der Waals surface area contributed by atoms with E-state index in [1.807, 2.05) is 19.1 Å². The second-order valence-corrected chi connectivity index (χ2v) is 12.5. The van der Waals surface area contributed by atoms with Crippen molar-refractivity contribution in [2.45, 2.75) is 25.2 Å². The highest BCUT2D eigenvalue weighted by Gasteiger charge is 2.30. The molecule has 0 radical (unpaired) electrons. The fourth-order valence-electron chi connectivity index (χ4n) is 5.36. The summed E-state index contributed by atoms with van der Waals surface area (Å²) in [5.74, 6) is 1.20. The Morgan fingerprint density at radius 1 is 0.955 bits per heavy atom. The molecule has 0 N–H and O–H groups in total. The summed E-state index contributed by atoms with van der Waals surface area (Å²) in [5.41, 5.74) is 1.73. The van der Waals surface area contributed by atoms with Gasteiger partial charge in [0.15, 0.2) is 11.3 Å². The maximum absolute atomic E-state index is 13.9. The highest BCUT2D eigenvalue weighted by molar-refractivity contribution is 7.89. The zero-order chi connectivity index (χ0) is 30.8. The van der Waals surface area contributed by atoms with Crippen molar-refractivity contribution in [2.75, 3.05) is 39.3 Å². The Balaban J connectivity index is 1.56. The molecule has 4 aromatic heterocycles. The van der Waals surface area contributed by atoms with Crippen LogP contribution in [-0.4, -0.2) is 86.3 Å². The lowest BCUT2D eigenvalue weighted by atomic mass is 10.1. The van der Waals surface area contributed by atoms with E-state index in [4.69, 9.17) is 9.72 Å². The third kappa shape index (κ3) is 5.38. The van der Waals surface area contributed by atoms with Crippen molar-refractivity contribution < 1.29 is 13.2 Å². The van der Waals surface area contributed by atoms with Gasteiger partial charge in [-0.05, 0) is 55.4 Å². The number of likely N-dealkylation sites (N-methyl/N-ethyl adjacent to an activating group) is 1. The maximum atomic E-state index is 13.9. The first-order valence-electron chi connectivity index (χ1n) is 14.6. The number of rotatable bonds is 9. The van der Waals surface area contributed by atoms with E-state index in [-0.39, 0.29) is 16.2 Å². The van der Waals surface area contributed by atoms with Gasteiger partial charge in [-0.2, -0.15) is 9.40 Å². The van der Waals surface area contributed by atoms with Crippen molar-refractivity contribution in [1.29, 1.82) is 0 Å². The summed E-state index contributed by atoms with van der Waals surface area (Å²) in [4.78, 5) is 30.0. The molecule has 0 bridgehead atoms. The number of sulfonamides is 1. The Kier molecular flexibility index (Phi) is 8.25. The number of benzene rings is 1. The number of hydrogen-bond acceptors (Lipinski definition) is 9. The van der Waals surface area contributed by atoms with Crippen molar-refractivity contribution >= 4 is 21.1 Å². The van der Waals surface area contributed by atoms with Gasteiger partial charge in [0.05, 0.1) is 17.1 Å². The number of piperazine rings is 1. The minimum absolute atomic E-state index is 0.118. The highest BCUT2D eigenvalue weighted by Crippen LogP contribution is 2.35. The molecule has 13 heteroatoms. The molecule has 0 aliphatic carbocycles. The third-order valence-electron chi connectivity index (χ3n) is 7.77. The molecule has 0 saturated carbocycles. The van der Waals surface area contributed by atoms with Crippen LogP contribution in [0.25, 0.3) is 39.5 Å². The van der Waals surface area contributed by atoms with E-state index in [9.17, 15) is 13.2 Å². The van der Waals surface area contributed by atoms with Crippen molar-refractivity contribution in [3.63, 3.8) is 0 Å². The Morgan fingerprint density at radius 3 is 2.45 bits per heavy atom. The molecular formula is C31H34N8O4S. The standard InChI is InChI=1S/C31H34N8O4S/c1-4-19-43-25-12-11-23(44(41,42)38-17-15-37(5-2)16-18-38)20-24(25)30-34-27-28(31(40)36(30)3)35-39(26-10-6-7-14-33-26)29(27)22-9-8-13-32-21-22/h6-14,20-21H,4-5,15-19H2,1-3H3. The first-order chi connectivity index (χ1) is 21.3. The van der Waals surface area contributed by atoms with Crippen molar-refractivity contribution in [3.05, 3.63) is 77.5 Å². The summed E-state index contributed by atoms with van der Waals surface area (Å²) in [7, 11) is -2.21. The van der Waals surface area contributed by atoms with Gasteiger partial charge in [0.25, 0.3) is 5.56 Å². The zero-order valence-corrected chi connectivity index (χ0v) is 25.7. The molecule has 228 valence electrons. The highest BCUT2D eigenvalue weighted by atomic mass is 32.2. The van der Waals surface area contributed by atoms with Crippen LogP contribution in [0.2, 0.25) is 0 Å². The summed E-state index contributed by atoms with van der Waals surface area (Å²) >= 11 is 0. The van der Waals surface area contributed by atoms with Gasteiger partial charge in [-0.25, -0.2) is 23.1 Å². The number of aromatic nitrogens is 6. The van der Waals surface area contributed by atoms with E-state index in [2.05, 4.69) is 26.9 Å². The summed E-state index contributed by atoms with van der Waals surface area (Å²) in [6, 6.07) is 13.9. The lowest BCUT2D eigenvalue weighted by molar-refractivity contribution is 0.196. The molecular weight excluding hydrogens is 580 g/mol. The molecule has 12 nitrogen and oxygen atoms in total. The van der Waals surface area contributed by atoms with Gasteiger partial charge in [0.1, 0.15) is 22.8 Å². The monoisotopic (exact) mass is 614 g/mol. The quantitative estimate of drug-likeness (QED) is 0.246. The number of ether oxygens (including phenoxy) is 1. The fourth-order valence-corrected chi connectivity index (χ4v) is 6.81. The van der Waals surface area contributed by atoms with Crippen LogP contribution in [0.15, 0.2) is 76.8 Å². The third-order valence-corrected chi connectivity index (χ3v) is 9.67. The second-order valence-electron chi connectivity index (χ2n) is 10.5. The van der Waals surface area contributed by atoms with E-state index in [1.54, 1.807) is 66.7 Å². The van der Waals surface area contributed by atoms with E-state index >= 15 is 0 Å². The molecule has 1 aliphatic heterocycles. The largest absolute Gasteiger partial charge is 0.493 e. The van der Waals surface area contributed by atoms with Gasteiger partial charge in [-0.15, -0.1) is 0 Å². The predicted molar refractivity (Wildman–Crippen MR) is 167 cm³/mol. The molecule has 1 aliphatic rings.